The summed E-state index contributed by atoms with van der Waals surface area (Å²) in [5, 5.41) is 0. The van der Waals surface area contributed by atoms with Gasteiger partial charge in [-0.2, -0.15) is 0 Å². The summed E-state index contributed by atoms with van der Waals surface area (Å²) < 4.78 is 0. The number of Topliss-reactive ketones (excluding diaryl/α,β-unsaturated/α-hetero) is 1. The van der Waals surface area contributed by atoms with Gasteiger partial charge in [0.15, 0.2) is 0 Å². The van der Waals surface area contributed by atoms with Crippen molar-refractivity contribution in [2.45, 2.75) is 45.6 Å². The second-order valence-electron chi connectivity index (χ2n) is 5.89. The minimum Gasteiger partial charge on any atom is -0.299 e. The first-order valence-electron chi connectivity index (χ1n) is 5.74. The zero-order chi connectivity index (χ0) is 10.3. The highest BCUT2D eigenvalue weighted by Crippen LogP contribution is 2.34. The van der Waals surface area contributed by atoms with Crippen LogP contribution in [0.3, 0.4) is 0 Å². The van der Waals surface area contributed by atoms with E-state index in [1.54, 1.807) is 0 Å². The number of hydrogen-bond donors (Lipinski definition) is 0. The molecule has 0 unspecified atom stereocenters. The Morgan fingerprint density at radius 2 is 1.86 bits per heavy atom. The van der Waals surface area contributed by atoms with E-state index >= 15 is 0 Å². The number of carbonyl (C=O) groups is 1. The van der Waals surface area contributed by atoms with E-state index in [0.29, 0.717) is 23.2 Å². The minimum absolute atomic E-state index is 0.291. The van der Waals surface area contributed by atoms with Crippen LogP contribution in [-0.4, -0.2) is 29.3 Å². The molecule has 0 aromatic heterocycles. The quantitative estimate of drug-likeness (QED) is 0.687. The number of likely N-dealkylation sites (tertiary alicyclic amines) is 1. The van der Waals surface area contributed by atoms with Crippen molar-refractivity contribution >= 4 is 5.78 Å². The Labute approximate surface area is 86.7 Å². The van der Waals surface area contributed by atoms with Gasteiger partial charge < -0.3 is 0 Å². The van der Waals surface area contributed by atoms with Gasteiger partial charge in [0.25, 0.3) is 0 Å². The molecule has 1 aliphatic heterocycles. The largest absolute Gasteiger partial charge is 0.299 e. The fourth-order valence-electron chi connectivity index (χ4n) is 2.10. The molecule has 0 N–H and O–H groups in total. The van der Waals surface area contributed by atoms with Crippen molar-refractivity contribution in [3.05, 3.63) is 0 Å². The maximum Gasteiger partial charge on any atom is 0.136 e. The van der Waals surface area contributed by atoms with Gasteiger partial charge in [-0.25, -0.2) is 0 Å². The van der Waals surface area contributed by atoms with Crippen LogP contribution >= 0.6 is 0 Å². The van der Waals surface area contributed by atoms with E-state index in [-0.39, 0.29) is 0 Å². The van der Waals surface area contributed by atoms with Gasteiger partial charge >= 0.3 is 0 Å². The molecule has 1 saturated heterocycles. The lowest BCUT2D eigenvalue weighted by Gasteiger charge is -2.47. The Morgan fingerprint density at radius 1 is 1.29 bits per heavy atom. The normalized spacial score (nSPS) is 24.8. The highest BCUT2D eigenvalue weighted by atomic mass is 16.1. The number of rotatable bonds is 3. The van der Waals surface area contributed by atoms with Crippen LogP contribution in [0.25, 0.3) is 0 Å². The molecule has 2 nitrogen and oxygen atoms in total. The minimum atomic E-state index is 0.291. The Hall–Kier alpha value is -0.370. The highest BCUT2D eigenvalue weighted by Gasteiger charge is 2.38. The second-order valence-corrected chi connectivity index (χ2v) is 5.89. The first-order valence-corrected chi connectivity index (χ1v) is 5.74. The molecule has 14 heavy (non-hydrogen) atoms. The Balaban J connectivity index is 1.70. The summed E-state index contributed by atoms with van der Waals surface area (Å²) in [6, 6.07) is 0. The van der Waals surface area contributed by atoms with Crippen molar-refractivity contribution < 1.29 is 4.79 Å². The third kappa shape index (κ3) is 2.17. The predicted octanol–water partition coefficient (Wildman–Crippen LogP) is 2.09. The maximum atomic E-state index is 11.5. The fraction of sp³-hybridized carbons (Fsp3) is 0.917. The molecule has 80 valence electrons. The molecule has 0 aromatic carbocycles. The molecule has 0 amide bonds. The predicted molar refractivity (Wildman–Crippen MR) is 57.2 cm³/mol. The van der Waals surface area contributed by atoms with Gasteiger partial charge in [-0.05, 0) is 39.5 Å². The van der Waals surface area contributed by atoms with Gasteiger partial charge in [0.05, 0.1) is 0 Å². The fourth-order valence-corrected chi connectivity index (χ4v) is 2.10. The molecule has 2 heteroatoms. The van der Waals surface area contributed by atoms with E-state index in [9.17, 15) is 4.79 Å². The van der Waals surface area contributed by atoms with Gasteiger partial charge in [0.1, 0.15) is 5.78 Å². The molecule has 2 rings (SSSR count). The average molecular weight is 195 g/mol. The number of hydrogen-bond acceptors (Lipinski definition) is 2. The van der Waals surface area contributed by atoms with Crippen LogP contribution in [0.15, 0.2) is 0 Å². The zero-order valence-corrected chi connectivity index (χ0v) is 9.55. The monoisotopic (exact) mass is 195 g/mol. The molecular formula is C12H21NO. The molecule has 1 heterocycles. The highest BCUT2D eigenvalue weighted by molar-refractivity contribution is 5.83. The Kier molecular flexibility index (Phi) is 2.42. The van der Waals surface area contributed by atoms with Gasteiger partial charge in [-0.1, -0.05) is 0 Å². The van der Waals surface area contributed by atoms with Crippen LogP contribution in [0.1, 0.15) is 40.0 Å². The molecule has 0 spiro atoms. The van der Waals surface area contributed by atoms with E-state index in [4.69, 9.17) is 0 Å². The summed E-state index contributed by atoms with van der Waals surface area (Å²) in [7, 11) is 0. The number of ketones is 1. The van der Waals surface area contributed by atoms with Crippen LogP contribution in [0.5, 0.6) is 0 Å². The lowest BCUT2D eigenvalue weighted by Crippen LogP contribution is -2.56. The van der Waals surface area contributed by atoms with Crippen molar-refractivity contribution in [2.75, 3.05) is 13.1 Å². The molecule has 2 fully saturated rings. The number of nitrogens with zero attached hydrogens (tertiary/aromatic N) is 1. The second kappa shape index (κ2) is 3.34. The summed E-state index contributed by atoms with van der Waals surface area (Å²) in [6.45, 7) is 8.98. The summed E-state index contributed by atoms with van der Waals surface area (Å²) in [5.74, 6) is 1.64. The van der Waals surface area contributed by atoms with Crippen LogP contribution in [0, 0.1) is 11.8 Å². The molecule has 0 aromatic rings. The molecule has 1 saturated carbocycles. The van der Waals surface area contributed by atoms with Gasteiger partial charge in [-0.15, -0.1) is 0 Å². The van der Waals surface area contributed by atoms with Crippen molar-refractivity contribution in [3.8, 4) is 0 Å². The first kappa shape index (κ1) is 10.2. The van der Waals surface area contributed by atoms with Crippen molar-refractivity contribution in [3.63, 3.8) is 0 Å². The van der Waals surface area contributed by atoms with E-state index in [1.165, 1.54) is 0 Å². The van der Waals surface area contributed by atoms with Gasteiger partial charge in [-0.3, -0.25) is 9.69 Å². The van der Waals surface area contributed by atoms with E-state index in [0.717, 1.165) is 32.4 Å². The third-order valence-corrected chi connectivity index (χ3v) is 3.43. The van der Waals surface area contributed by atoms with Crippen molar-refractivity contribution in [1.29, 1.82) is 0 Å². The SMILES string of the molecule is CC(C)(C)N1CC(CC(=O)C2CC2)C1. The Bertz CT molecular complexity index is 231. The van der Waals surface area contributed by atoms with Crippen LogP contribution in [0.4, 0.5) is 0 Å². The molecule has 0 radical (unpaired) electrons. The molecule has 0 atom stereocenters. The maximum absolute atomic E-state index is 11.5. The summed E-state index contributed by atoms with van der Waals surface area (Å²) >= 11 is 0. The van der Waals surface area contributed by atoms with Crippen LogP contribution in [-0.2, 0) is 4.79 Å². The van der Waals surface area contributed by atoms with E-state index in [2.05, 4.69) is 25.7 Å². The summed E-state index contributed by atoms with van der Waals surface area (Å²) in [6.07, 6.45) is 3.17. The first-order chi connectivity index (χ1) is 6.47. The number of carbonyl (C=O) groups excluding carboxylic acids is 1. The average Bonchev–Trinajstić information content (AvgIpc) is 2.73. The van der Waals surface area contributed by atoms with Crippen molar-refractivity contribution in [2.24, 2.45) is 11.8 Å². The Morgan fingerprint density at radius 3 is 2.29 bits per heavy atom. The molecule has 2 aliphatic rings. The zero-order valence-electron chi connectivity index (χ0n) is 9.55. The topological polar surface area (TPSA) is 20.3 Å². The molecule has 0 bridgehead atoms. The third-order valence-electron chi connectivity index (χ3n) is 3.43. The lowest BCUT2D eigenvalue weighted by atomic mass is 9.88. The van der Waals surface area contributed by atoms with Gasteiger partial charge in [0.2, 0.25) is 0 Å². The van der Waals surface area contributed by atoms with E-state index < -0.39 is 0 Å². The van der Waals surface area contributed by atoms with Gasteiger partial charge in [0, 0.05) is 31.0 Å². The standard InChI is InChI=1S/C12H21NO/c1-12(2,3)13-7-9(8-13)6-11(14)10-4-5-10/h9-10H,4-8H2,1-3H3. The smallest absolute Gasteiger partial charge is 0.136 e. The van der Waals surface area contributed by atoms with Crippen LogP contribution in [0.2, 0.25) is 0 Å². The summed E-state index contributed by atoms with van der Waals surface area (Å²) in [5.41, 5.74) is 0.291. The summed E-state index contributed by atoms with van der Waals surface area (Å²) in [4.78, 5) is 14.0. The molecular weight excluding hydrogens is 174 g/mol. The van der Waals surface area contributed by atoms with E-state index in [1.807, 2.05) is 0 Å². The van der Waals surface area contributed by atoms with Crippen molar-refractivity contribution in [1.82, 2.24) is 4.90 Å². The lowest BCUT2D eigenvalue weighted by molar-refractivity contribution is -0.123. The molecule has 1 aliphatic carbocycles. The van der Waals surface area contributed by atoms with Crippen LogP contribution < -0.4 is 0 Å².